The molecule has 116 valence electrons. The molecule has 0 radical (unpaired) electrons. The summed E-state index contributed by atoms with van der Waals surface area (Å²) in [4.78, 5) is 2.75. The van der Waals surface area contributed by atoms with Crippen LogP contribution >= 0.6 is 0 Å². The largest absolute Gasteiger partial charge is 0.375 e. The van der Waals surface area contributed by atoms with Gasteiger partial charge in [-0.25, -0.2) is 0 Å². The molecule has 0 bridgehead atoms. The molecule has 3 nitrogen and oxygen atoms in total. The number of morpholine rings is 1. The highest BCUT2D eigenvalue weighted by Crippen LogP contribution is 2.41. The summed E-state index contributed by atoms with van der Waals surface area (Å²) in [6.45, 7) is 6.55. The number of hydrogen-bond acceptors (Lipinski definition) is 3. The Bertz CT molecular complexity index is 320. The van der Waals surface area contributed by atoms with Gasteiger partial charge in [0.2, 0.25) is 0 Å². The maximum atomic E-state index is 6.23. The van der Waals surface area contributed by atoms with E-state index in [1.165, 1.54) is 57.9 Å². The molecule has 4 unspecified atom stereocenters. The monoisotopic (exact) mass is 280 g/mol. The van der Waals surface area contributed by atoms with Crippen LogP contribution in [0, 0.1) is 11.3 Å². The third-order valence-electron chi connectivity index (χ3n) is 6.00. The van der Waals surface area contributed by atoms with Gasteiger partial charge < -0.3 is 10.5 Å². The molecular weight excluding hydrogens is 248 g/mol. The van der Waals surface area contributed by atoms with Crippen LogP contribution in [0.5, 0.6) is 0 Å². The number of rotatable bonds is 3. The van der Waals surface area contributed by atoms with E-state index in [4.69, 9.17) is 10.5 Å². The smallest absolute Gasteiger partial charge is 0.0730 e. The molecule has 2 N–H and O–H groups in total. The molecule has 0 aromatic rings. The van der Waals surface area contributed by atoms with E-state index >= 15 is 0 Å². The van der Waals surface area contributed by atoms with E-state index in [-0.39, 0.29) is 0 Å². The molecule has 0 amide bonds. The lowest BCUT2D eigenvalue weighted by atomic mass is 9.69. The molecule has 3 aliphatic rings. The summed E-state index contributed by atoms with van der Waals surface area (Å²) >= 11 is 0. The molecule has 3 rings (SSSR count). The minimum atomic E-state index is 0.386. The molecular formula is C17H32N2O. The molecule has 3 heteroatoms. The van der Waals surface area contributed by atoms with Crippen LogP contribution in [-0.4, -0.2) is 43.3 Å². The van der Waals surface area contributed by atoms with Gasteiger partial charge in [-0.3, -0.25) is 4.90 Å². The van der Waals surface area contributed by atoms with Gasteiger partial charge in [-0.15, -0.1) is 0 Å². The zero-order chi connectivity index (χ0) is 14.0. The lowest BCUT2D eigenvalue weighted by Crippen LogP contribution is -2.57. The van der Waals surface area contributed by atoms with Gasteiger partial charge in [0.25, 0.3) is 0 Å². The molecule has 0 aromatic carbocycles. The second-order valence-corrected chi connectivity index (χ2v) is 7.64. The van der Waals surface area contributed by atoms with Crippen molar-refractivity contribution in [2.45, 2.75) is 70.4 Å². The minimum Gasteiger partial charge on any atom is -0.375 e. The second-order valence-electron chi connectivity index (χ2n) is 7.64. The van der Waals surface area contributed by atoms with Gasteiger partial charge >= 0.3 is 0 Å². The van der Waals surface area contributed by atoms with E-state index < -0.39 is 0 Å². The maximum absolute atomic E-state index is 6.23. The quantitative estimate of drug-likeness (QED) is 0.864. The molecule has 2 aliphatic carbocycles. The fourth-order valence-electron chi connectivity index (χ4n) is 4.97. The van der Waals surface area contributed by atoms with Crippen molar-refractivity contribution in [2.24, 2.45) is 17.1 Å². The Kier molecular flexibility index (Phi) is 4.68. The number of nitrogens with two attached hydrogens (primary N) is 1. The van der Waals surface area contributed by atoms with E-state index in [0.717, 1.165) is 25.6 Å². The number of ether oxygens (including phenoxy) is 1. The maximum Gasteiger partial charge on any atom is 0.0730 e. The molecule has 2 saturated carbocycles. The molecule has 0 spiro atoms. The van der Waals surface area contributed by atoms with Crippen LogP contribution in [-0.2, 0) is 4.74 Å². The molecule has 1 heterocycles. The van der Waals surface area contributed by atoms with E-state index in [9.17, 15) is 0 Å². The standard InChI is InChI=1S/C17H32N2O/c1-14-5-4-8-17(11-14,12-18)13-19-9-10-20-16-7-3-2-6-15(16)19/h14-16H,2-13,18H2,1H3. The lowest BCUT2D eigenvalue weighted by molar-refractivity contribution is -0.102. The summed E-state index contributed by atoms with van der Waals surface area (Å²) in [5.41, 5.74) is 6.61. The average molecular weight is 280 g/mol. The van der Waals surface area contributed by atoms with Crippen LogP contribution in [0.2, 0.25) is 0 Å². The summed E-state index contributed by atoms with van der Waals surface area (Å²) in [6.07, 6.45) is 11.3. The first-order valence-corrected chi connectivity index (χ1v) is 8.78. The van der Waals surface area contributed by atoms with Crippen LogP contribution in [0.3, 0.4) is 0 Å². The van der Waals surface area contributed by atoms with Crippen molar-refractivity contribution in [3.8, 4) is 0 Å². The van der Waals surface area contributed by atoms with Crippen LogP contribution in [0.15, 0.2) is 0 Å². The molecule has 1 aliphatic heterocycles. The fraction of sp³-hybridized carbons (Fsp3) is 1.00. The first-order valence-electron chi connectivity index (χ1n) is 8.78. The summed E-state index contributed by atoms with van der Waals surface area (Å²) in [7, 11) is 0. The van der Waals surface area contributed by atoms with Crippen molar-refractivity contribution >= 4 is 0 Å². The third-order valence-corrected chi connectivity index (χ3v) is 6.00. The van der Waals surface area contributed by atoms with Gasteiger partial charge in [0.15, 0.2) is 0 Å². The number of nitrogens with zero attached hydrogens (tertiary/aromatic N) is 1. The summed E-state index contributed by atoms with van der Waals surface area (Å²) in [6, 6.07) is 0.679. The Balaban J connectivity index is 1.67. The summed E-state index contributed by atoms with van der Waals surface area (Å²) in [5.74, 6) is 0.857. The zero-order valence-electron chi connectivity index (χ0n) is 13.2. The van der Waals surface area contributed by atoms with Gasteiger partial charge in [0.1, 0.15) is 0 Å². The van der Waals surface area contributed by atoms with E-state index in [0.29, 0.717) is 17.6 Å². The molecule has 4 atom stereocenters. The van der Waals surface area contributed by atoms with Gasteiger partial charge in [-0.05, 0) is 43.6 Å². The average Bonchev–Trinajstić information content (AvgIpc) is 2.48. The normalized spacial score (nSPS) is 43.2. The Morgan fingerprint density at radius 3 is 2.85 bits per heavy atom. The Labute approximate surface area is 124 Å². The number of fused-ring (bicyclic) bond motifs is 1. The fourth-order valence-corrected chi connectivity index (χ4v) is 4.97. The van der Waals surface area contributed by atoms with Crippen molar-refractivity contribution < 1.29 is 4.74 Å². The van der Waals surface area contributed by atoms with Gasteiger partial charge in [-0.1, -0.05) is 32.6 Å². The molecule has 1 saturated heterocycles. The third kappa shape index (κ3) is 3.05. The second kappa shape index (κ2) is 6.33. The molecule has 3 fully saturated rings. The van der Waals surface area contributed by atoms with Crippen LogP contribution in [0.4, 0.5) is 0 Å². The highest BCUT2D eigenvalue weighted by molar-refractivity contribution is 4.94. The first-order chi connectivity index (χ1) is 9.72. The Morgan fingerprint density at radius 1 is 1.20 bits per heavy atom. The van der Waals surface area contributed by atoms with Gasteiger partial charge in [0.05, 0.1) is 12.7 Å². The predicted molar refractivity (Wildman–Crippen MR) is 82.7 cm³/mol. The summed E-state index contributed by atoms with van der Waals surface area (Å²) in [5, 5.41) is 0. The highest BCUT2D eigenvalue weighted by atomic mass is 16.5. The Morgan fingerprint density at radius 2 is 2.05 bits per heavy atom. The molecule has 20 heavy (non-hydrogen) atoms. The van der Waals surface area contributed by atoms with Gasteiger partial charge in [0, 0.05) is 19.1 Å². The minimum absolute atomic E-state index is 0.386. The van der Waals surface area contributed by atoms with Crippen LogP contribution in [0.25, 0.3) is 0 Å². The van der Waals surface area contributed by atoms with Crippen LogP contribution < -0.4 is 5.73 Å². The van der Waals surface area contributed by atoms with Gasteiger partial charge in [-0.2, -0.15) is 0 Å². The van der Waals surface area contributed by atoms with Crippen molar-refractivity contribution in [1.82, 2.24) is 4.90 Å². The number of hydrogen-bond donors (Lipinski definition) is 1. The van der Waals surface area contributed by atoms with Crippen molar-refractivity contribution in [3.63, 3.8) is 0 Å². The highest BCUT2D eigenvalue weighted by Gasteiger charge is 2.40. The van der Waals surface area contributed by atoms with E-state index in [1.807, 2.05) is 0 Å². The topological polar surface area (TPSA) is 38.5 Å². The predicted octanol–water partition coefficient (Wildman–Crippen LogP) is 2.79. The van der Waals surface area contributed by atoms with Crippen molar-refractivity contribution in [1.29, 1.82) is 0 Å². The summed E-state index contributed by atoms with van der Waals surface area (Å²) < 4.78 is 6.02. The van der Waals surface area contributed by atoms with E-state index in [1.54, 1.807) is 0 Å². The Hall–Kier alpha value is -0.120. The SMILES string of the molecule is CC1CCCC(CN)(CN2CCOC3CCCCC32)C1. The zero-order valence-corrected chi connectivity index (χ0v) is 13.2. The lowest BCUT2D eigenvalue weighted by Gasteiger charge is -2.49. The van der Waals surface area contributed by atoms with Crippen molar-refractivity contribution in [3.05, 3.63) is 0 Å². The van der Waals surface area contributed by atoms with Crippen molar-refractivity contribution in [2.75, 3.05) is 26.2 Å². The first kappa shape index (κ1) is 14.8. The molecule has 0 aromatic heterocycles. The van der Waals surface area contributed by atoms with E-state index in [2.05, 4.69) is 11.8 Å². The van der Waals surface area contributed by atoms with Crippen LogP contribution in [0.1, 0.15) is 58.3 Å².